The van der Waals surface area contributed by atoms with Crippen molar-refractivity contribution >= 4 is 5.69 Å². The molecule has 0 radical (unpaired) electrons. The molecule has 1 aliphatic rings. The molecule has 0 aliphatic carbocycles. The normalized spacial score (nSPS) is 24.1. The van der Waals surface area contributed by atoms with Crippen molar-refractivity contribution in [3.05, 3.63) is 24.0 Å². The van der Waals surface area contributed by atoms with E-state index in [1.807, 2.05) is 12.4 Å². The number of hydrogen-bond acceptors (Lipinski definition) is 3. The van der Waals surface area contributed by atoms with Crippen LogP contribution in [0.4, 0.5) is 5.69 Å². The highest BCUT2D eigenvalue weighted by atomic mass is 16.5. The average molecular weight is 220 g/mol. The predicted molar refractivity (Wildman–Crippen MR) is 65.6 cm³/mol. The second-order valence-electron chi connectivity index (χ2n) is 5.19. The Morgan fingerprint density at radius 2 is 2.25 bits per heavy atom. The summed E-state index contributed by atoms with van der Waals surface area (Å²) in [5.41, 5.74) is 2.30. The Kier molecular flexibility index (Phi) is 3.15. The first kappa shape index (κ1) is 11.4. The summed E-state index contributed by atoms with van der Waals surface area (Å²) in [5.74, 6) is 0. The van der Waals surface area contributed by atoms with Gasteiger partial charge in [-0.05, 0) is 45.2 Å². The lowest BCUT2D eigenvalue weighted by Crippen LogP contribution is -2.40. The third-order valence-electron chi connectivity index (χ3n) is 2.94. The van der Waals surface area contributed by atoms with E-state index < -0.39 is 0 Å². The van der Waals surface area contributed by atoms with Crippen molar-refractivity contribution < 1.29 is 4.74 Å². The van der Waals surface area contributed by atoms with E-state index in [2.05, 4.69) is 37.1 Å². The van der Waals surface area contributed by atoms with Crippen LogP contribution >= 0.6 is 0 Å². The fourth-order valence-electron chi connectivity index (χ4n) is 2.22. The van der Waals surface area contributed by atoms with Crippen LogP contribution in [0.15, 0.2) is 18.5 Å². The van der Waals surface area contributed by atoms with Gasteiger partial charge in [0, 0.05) is 25.0 Å². The van der Waals surface area contributed by atoms with E-state index in [4.69, 9.17) is 4.74 Å². The van der Waals surface area contributed by atoms with Crippen molar-refractivity contribution in [3.8, 4) is 0 Å². The van der Waals surface area contributed by atoms with Crippen LogP contribution < -0.4 is 5.32 Å². The molecule has 0 bridgehead atoms. The molecule has 1 aromatic rings. The van der Waals surface area contributed by atoms with E-state index in [0.717, 1.165) is 25.1 Å². The zero-order valence-corrected chi connectivity index (χ0v) is 10.3. The molecule has 2 rings (SSSR count). The molecule has 1 unspecified atom stereocenters. The maximum absolute atomic E-state index is 5.70. The average Bonchev–Trinajstić information content (AvgIpc) is 2.15. The van der Waals surface area contributed by atoms with E-state index >= 15 is 0 Å². The molecule has 0 spiro atoms. The minimum atomic E-state index is -0.00678. The number of pyridine rings is 1. The van der Waals surface area contributed by atoms with Crippen molar-refractivity contribution in [3.63, 3.8) is 0 Å². The molecule has 16 heavy (non-hydrogen) atoms. The predicted octanol–water partition coefficient (Wildman–Crippen LogP) is 2.76. The molecular weight excluding hydrogens is 200 g/mol. The number of nitrogens with one attached hydrogen (secondary N) is 1. The van der Waals surface area contributed by atoms with Gasteiger partial charge in [-0.25, -0.2) is 0 Å². The number of aryl methyl sites for hydroxylation is 1. The van der Waals surface area contributed by atoms with Crippen LogP contribution in [0.1, 0.15) is 32.3 Å². The van der Waals surface area contributed by atoms with Crippen LogP contribution in [0.25, 0.3) is 0 Å². The molecule has 3 heteroatoms. The Hall–Kier alpha value is -1.09. The summed E-state index contributed by atoms with van der Waals surface area (Å²) in [6.45, 7) is 7.20. The molecule has 0 aromatic carbocycles. The van der Waals surface area contributed by atoms with E-state index in [0.29, 0.717) is 6.04 Å². The number of ether oxygens (including phenoxy) is 1. The van der Waals surface area contributed by atoms with Gasteiger partial charge >= 0.3 is 0 Å². The summed E-state index contributed by atoms with van der Waals surface area (Å²) >= 11 is 0. The number of hydrogen-bond donors (Lipinski definition) is 1. The third-order valence-corrected chi connectivity index (χ3v) is 2.94. The number of rotatable bonds is 2. The Labute approximate surface area is 97.2 Å². The summed E-state index contributed by atoms with van der Waals surface area (Å²) in [7, 11) is 0. The molecule has 3 nitrogen and oxygen atoms in total. The second-order valence-corrected chi connectivity index (χ2v) is 5.19. The lowest BCUT2D eigenvalue weighted by molar-refractivity contribution is -0.0553. The lowest BCUT2D eigenvalue weighted by atomic mass is 9.94. The first-order valence-electron chi connectivity index (χ1n) is 5.87. The van der Waals surface area contributed by atoms with Gasteiger partial charge in [0.05, 0.1) is 11.3 Å². The highest BCUT2D eigenvalue weighted by Gasteiger charge is 2.28. The van der Waals surface area contributed by atoms with Gasteiger partial charge < -0.3 is 10.1 Å². The Morgan fingerprint density at radius 3 is 2.94 bits per heavy atom. The van der Waals surface area contributed by atoms with Crippen LogP contribution in [0.3, 0.4) is 0 Å². The molecule has 1 saturated heterocycles. The molecule has 1 atom stereocenters. The van der Waals surface area contributed by atoms with E-state index in [9.17, 15) is 0 Å². The maximum Gasteiger partial charge on any atom is 0.0646 e. The standard InChI is InChI=1S/C13H20N2O/c1-10-6-12(9-14-8-10)15-11-4-5-16-13(2,3)7-11/h6,8-9,11,15H,4-5,7H2,1-3H3. The Morgan fingerprint density at radius 1 is 1.44 bits per heavy atom. The maximum atomic E-state index is 5.70. The van der Waals surface area contributed by atoms with Crippen molar-refractivity contribution in [1.29, 1.82) is 0 Å². The molecule has 1 aliphatic heterocycles. The van der Waals surface area contributed by atoms with Crippen molar-refractivity contribution in [2.75, 3.05) is 11.9 Å². The first-order valence-corrected chi connectivity index (χ1v) is 5.87. The number of aromatic nitrogens is 1. The molecule has 0 amide bonds. The van der Waals surface area contributed by atoms with E-state index in [1.54, 1.807) is 0 Å². The lowest BCUT2D eigenvalue weighted by Gasteiger charge is -2.36. The van der Waals surface area contributed by atoms with Crippen LogP contribution in [-0.2, 0) is 4.74 Å². The summed E-state index contributed by atoms with van der Waals surface area (Å²) in [4.78, 5) is 4.19. The fraction of sp³-hybridized carbons (Fsp3) is 0.615. The molecule has 1 fully saturated rings. The third kappa shape index (κ3) is 2.95. The smallest absolute Gasteiger partial charge is 0.0646 e. The van der Waals surface area contributed by atoms with Gasteiger partial charge in [-0.1, -0.05) is 0 Å². The molecule has 1 N–H and O–H groups in total. The van der Waals surface area contributed by atoms with Gasteiger partial charge in [-0.15, -0.1) is 0 Å². The molecule has 0 saturated carbocycles. The van der Waals surface area contributed by atoms with Crippen molar-refractivity contribution in [2.45, 2.75) is 45.3 Å². The highest BCUT2D eigenvalue weighted by molar-refractivity contribution is 5.43. The van der Waals surface area contributed by atoms with Gasteiger partial charge in [0.2, 0.25) is 0 Å². The monoisotopic (exact) mass is 220 g/mol. The molecule has 2 heterocycles. The quantitative estimate of drug-likeness (QED) is 0.832. The SMILES string of the molecule is Cc1cncc(NC2CCOC(C)(C)C2)c1. The fourth-order valence-corrected chi connectivity index (χ4v) is 2.22. The summed E-state index contributed by atoms with van der Waals surface area (Å²) < 4.78 is 5.70. The number of nitrogens with zero attached hydrogens (tertiary/aromatic N) is 1. The molecule has 1 aromatic heterocycles. The van der Waals surface area contributed by atoms with Crippen molar-refractivity contribution in [2.24, 2.45) is 0 Å². The van der Waals surface area contributed by atoms with Gasteiger partial charge in [-0.2, -0.15) is 0 Å². The van der Waals surface area contributed by atoms with Crippen LogP contribution in [0.2, 0.25) is 0 Å². The largest absolute Gasteiger partial charge is 0.381 e. The van der Waals surface area contributed by atoms with Crippen LogP contribution in [-0.4, -0.2) is 23.2 Å². The second kappa shape index (κ2) is 4.42. The number of anilines is 1. The van der Waals surface area contributed by atoms with Crippen LogP contribution in [0, 0.1) is 6.92 Å². The van der Waals surface area contributed by atoms with Crippen molar-refractivity contribution in [1.82, 2.24) is 4.98 Å². The summed E-state index contributed by atoms with van der Waals surface area (Å²) in [6, 6.07) is 2.63. The van der Waals surface area contributed by atoms with E-state index in [-0.39, 0.29) is 5.60 Å². The van der Waals surface area contributed by atoms with Crippen LogP contribution in [0.5, 0.6) is 0 Å². The Bertz CT molecular complexity index is 363. The summed E-state index contributed by atoms with van der Waals surface area (Å²) in [6.07, 6.45) is 5.87. The zero-order chi connectivity index (χ0) is 11.6. The van der Waals surface area contributed by atoms with Gasteiger partial charge in [0.15, 0.2) is 0 Å². The minimum absolute atomic E-state index is 0.00678. The minimum Gasteiger partial charge on any atom is -0.381 e. The van der Waals surface area contributed by atoms with Gasteiger partial charge in [0.25, 0.3) is 0 Å². The Balaban J connectivity index is 1.99. The summed E-state index contributed by atoms with van der Waals surface area (Å²) in [5, 5.41) is 3.53. The molecule has 88 valence electrons. The first-order chi connectivity index (χ1) is 7.55. The topological polar surface area (TPSA) is 34.2 Å². The van der Waals surface area contributed by atoms with Gasteiger partial charge in [-0.3, -0.25) is 4.98 Å². The zero-order valence-electron chi connectivity index (χ0n) is 10.3. The highest BCUT2D eigenvalue weighted by Crippen LogP contribution is 2.26. The van der Waals surface area contributed by atoms with Gasteiger partial charge in [0.1, 0.15) is 0 Å². The molecular formula is C13H20N2O. The van der Waals surface area contributed by atoms with E-state index in [1.165, 1.54) is 5.56 Å².